The predicted octanol–water partition coefficient (Wildman–Crippen LogP) is 5.94. The van der Waals surface area contributed by atoms with E-state index in [9.17, 15) is 14.4 Å². The Labute approximate surface area is 289 Å². The standard InChI is InChI=1S/C39H37N5O6/c1-2-49-36(48)22-12-26-9-15-29(16-10-26)39-43-37(38(44-39)28-17-19-31(20-18-28)50-24-35(46)47)27-13-7-25(8-14-27)11-21-34(45)42-30-5-3-4-6-32(40)33(41)23-30/h5-23H,2-4,24,40-41H2,1H3,(H,42,45)(H,43,44)(H,46,47)/b21-11+,22-12+,30-5+,32-6?,33-23+. The van der Waals surface area contributed by atoms with E-state index in [-0.39, 0.29) is 5.91 Å². The molecule has 0 radical (unpaired) electrons. The van der Waals surface area contributed by atoms with Crippen LogP contribution in [0.15, 0.2) is 120 Å². The number of carboxylic acids is 1. The van der Waals surface area contributed by atoms with Crippen LogP contribution in [-0.2, 0) is 19.1 Å². The van der Waals surface area contributed by atoms with Crippen LogP contribution in [0.1, 0.15) is 30.9 Å². The Morgan fingerprint density at radius 1 is 0.840 bits per heavy atom. The molecule has 11 heteroatoms. The van der Waals surface area contributed by atoms with E-state index in [0.717, 1.165) is 46.4 Å². The second kappa shape index (κ2) is 16.5. The number of aromatic nitrogens is 2. The van der Waals surface area contributed by atoms with E-state index in [4.69, 9.17) is 31.0 Å². The van der Waals surface area contributed by atoms with Crippen molar-refractivity contribution in [3.05, 3.63) is 131 Å². The van der Waals surface area contributed by atoms with Crippen molar-refractivity contribution in [2.75, 3.05) is 13.2 Å². The highest BCUT2D eigenvalue weighted by molar-refractivity contribution is 5.93. The van der Waals surface area contributed by atoms with E-state index in [1.165, 1.54) is 12.2 Å². The number of allylic oxidation sites excluding steroid dienone is 3. The van der Waals surface area contributed by atoms with E-state index in [1.807, 2.05) is 72.8 Å². The molecule has 0 atom stereocenters. The number of imidazole rings is 1. The molecule has 0 saturated carbocycles. The van der Waals surface area contributed by atoms with E-state index in [1.54, 1.807) is 37.3 Å². The van der Waals surface area contributed by atoms with Gasteiger partial charge in [0, 0.05) is 34.5 Å². The molecule has 1 amide bonds. The van der Waals surface area contributed by atoms with Gasteiger partial charge in [0.2, 0.25) is 5.91 Å². The first kappa shape index (κ1) is 34.7. The number of nitrogens with one attached hydrogen (secondary N) is 2. The fraction of sp³-hybridized carbons (Fsp3) is 0.128. The summed E-state index contributed by atoms with van der Waals surface area (Å²) in [6.45, 7) is 1.62. The number of carbonyl (C=O) groups excluding carboxylic acids is 2. The zero-order chi connectivity index (χ0) is 35.5. The van der Waals surface area contributed by atoms with Crippen molar-refractivity contribution in [2.45, 2.75) is 19.8 Å². The number of nitrogens with two attached hydrogens (primary N) is 2. The molecule has 7 N–H and O–H groups in total. The minimum absolute atomic E-state index is 0.300. The lowest BCUT2D eigenvalue weighted by atomic mass is 10.0. The number of benzene rings is 3. The number of nitrogens with zero attached hydrogens (tertiary/aromatic N) is 1. The molecular formula is C39H37N5O6. The van der Waals surface area contributed by atoms with Crippen molar-refractivity contribution < 1.29 is 29.0 Å². The number of carbonyl (C=O) groups is 3. The Balaban J connectivity index is 1.38. The fourth-order valence-electron chi connectivity index (χ4n) is 5.00. The Morgan fingerprint density at radius 2 is 1.46 bits per heavy atom. The molecule has 50 heavy (non-hydrogen) atoms. The second-order valence-corrected chi connectivity index (χ2v) is 11.2. The van der Waals surface area contributed by atoms with Gasteiger partial charge in [0.1, 0.15) is 11.6 Å². The van der Waals surface area contributed by atoms with E-state index in [2.05, 4.69) is 10.3 Å². The number of rotatable bonds is 12. The van der Waals surface area contributed by atoms with Gasteiger partial charge in [-0.05, 0) is 73.4 Å². The highest BCUT2D eigenvalue weighted by Gasteiger charge is 2.16. The molecule has 4 aromatic rings. The van der Waals surface area contributed by atoms with Gasteiger partial charge in [-0.1, -0.05) is 60.7 Å². The van der Waals surface area contributed by atoms with E-state index < -0.39 is 18.5 Å². The Bertz CT molecular complexity index is 2000. The van der Waals surface area contributed by atoms with Gasteiger partial charge in [-0.3, -0.25) is 4.79 Å². The number of H-pyrrole nitrogens is 1. The summed E-state index contributed by atoms with van der Waals surface area (Å²) < 4.78 is 10.3. The molecule has 1 aliphatic rings. The van der Waals surface area contributed by atoms with Crippen molar-refractivity contribution in [1.82, 2.24) is 15.3 Å². The van der Waals surface area contributed by atoms with Crippen LogP contribution in [0.3, 0.4) is 0 Å². The van der Waals surface area contributed by atoms with Crippen LogP contribution in [0.4, 0.5) is 0 Å². The molecule has 0 spiro atoms. The minimum Gasteiger partial charge on any atom is -0.482 e. The van der Waals surface area contributed by atoms with Crippen molar-refractivity contribution in [3.8, 4) is 39.7 Å². The van der Waals surface area contributed by atoms with Gasteiger partial charge in [-0.2, -0.15) is 0 Å². The maximum Gasteiger partial charge on any atom is 0.341 e. The zero-order valence-corrected chi connectivity index (χ0v) is 27.4. The normalized spacial score (nSPS) is 15.3. The number of aliphatic carboxylic acids is 1. The third-order valence-electron chi connectivity index (χ3n) is 7.51. The average molecular weight is 672 g/mol. The van der Waals surface area contributed by atoms with Gasteiger partial charge >= 0.3 is 11.9 Å². The van der Waals surface area contributed by atoms with Crippen LogP contribution >= 0.6 is 0 Å². The second-order valence-electron chi connectivity index (χ2n) is 11.2. The molecule has 0 fully saturated rings. The van der Waals surface area contributed by atoms with Crippen molar-refractivity contribution in [1.29, 1.82) is 0 Å². The van der Waals surface area contributed by atoms with E-state index in [0.29, 0.717) is 41.0 Å². The van der Waals surface area contributed by atoms with Gasteiger partial charge in [0.25, 0.3) is 0 Å². The molecular weight excluding hydrogens is 634 g/mol. The van der Waals surface area contributed by atoms with Crippen molar-refractivity contribution in [2.24, 2.45) is 11.5 Å². The summed E-state index contributed by atoms with van der Waals surface area (Å²) in [5.41, 5.74) is 19.0. The number of amides is 1. The lowest BCUT2D eigenvalue weighted by Gasteiger charge is -2.09. The molecule has 1 aliphatic carbocycles. The van der Waals surface area contributed by atoms with Crippen LogP contribution in [-0.4, -0.2) is 46.1 Å². The molecule has 3 aromatic carbocycles. The van der Waals surface area contributed by atoms with Crippen LogP contribution < -0.4 is 21.5 Å². The summed E-state index contributed by atoms with van der Waals surface area (Å²) in [5.74, 6) is -0.723. The minimum atomic E-state index is -1.06. The monoisotopic (exact) mass is 671 g/mol. The lowest BCUT2D eigenvalue weighted by molar-refractivity contribution is -0.139. The summed E-state index contributed by atoms with van der Waals surface area (Å²) in [6, 6.07) is 22.3. The smallest absolute Gasteiger partial charge is 0.341 e. The summed E-state index contributed by atoms with van der Waals surface area (Å²) in [6.07, 6.45) is 13.1. The third-order valence-corrected chi connectivity index (χ3v) is 7.51. The highest BCUT2D eigenvalue weighted by Crippen LogP contribution is 2.34. The molecule has 0 unspecified atom stereocenters. The van der Waals surface area contributed by atoms with Gasteiger partial charge in [0.15, 0.2) is 6.61 Å². The Hall–Kier alpha value is -6.62. The molecule has 0 aliphatic heterocycles. The maximum atomic E-state index is 12.7. The Morgan fingerprint density at radius 3 is 2.12 bits per heavy atom. The highest BCUT2D eigenvalue weighted by atomic mass is 16.5. The fourth-order valence-corrected chi connectivity index (χ4v) is 5.00. The largest absolute Gasteiger partial charge is 0.482 e. The molecule has 254 valence electrons. The average Bonchev–Trinajstić information content (AvgIpc) is 3.56. The number of hydrogen-bond donors (Lipinski definition) is 5. The van der Waals surface area contributed by atoms with Crippen LogP contribution in [0.25, 0.3) is 46.1 Å². The van der Waals surface area contributed by atoms with Gasteiger partial charge in [-0.15, -0.1) is 0 Å². The van der Waals surface area contributed by atoms with Gasteiger partial charge in [-0.25, -0.2) is 14.6 Å². The van der Waals surface area contributed by atoms with Crippen molar-refractivity contribution in [3.63, 3.8) is 0 Å². The summed E-state index contributed by atoms with van der Waals surface area (Å²) in [5, 5.41) is 11.8. The van der Waals surface area contributed by atoms with Crippen molar-refractivity contribution >= 4 is 30.0 Å². The molecule has 0 saturated heterocycles. The third kappa shape index (κ3) is 9.48. The van der Waals surface area contributed by atoms with E-state index >= 15 is 0 Å². The number of hydrogen-bond acceptors (Lipinski definition) is 8. The zero-order valence-electron chi connectivity index (χ0n) is 27.4. The number of ether oxygens (including phenoxy) is 2. The molecule has 0 bridgehead atoms. The number of carboxylic acid groups (broad SMARTS) is 1. The first-order chi connectivity index (χ1) is 24.2. The number of esters is 1. The molecule has 1 aromatic heterocycles. The summed E-state index contributed by atoms with van der Waals surface area (Å²) >= 11 is 0. The lowest BCUT2D eigenvalue weighted by Crippen LogP contribution is -2.21. The summed E-state index contributed by atoms with van der Waals surface area (Å²) in [4.78, 5) is 43.7. The Kier molecular flexibility index (Phi) is 11.4. The van der Waals surface area contributed by atoms with Crippen LogP contribution in [0, 0.1) is 0 Å². The molecule has 5 rings (SSSR count). The predicted molar refractivity (Wildman–Crippen MR) is 193 cm³/mol. The summed E-state index contributed by atoms with van der Waals surface area (Å²) in [7, 11) is 0. The number of aromatic amines is 1. The van der Waals surface area contributed by atoms with Gasteiger partial charge in [0.05, 0.1) is 29.4 Å². The first-order valence-corrected chi connectivity index (χ1v) is 15.9. The topological polar surface area (TPSA) is 183 Å². The maximum absolute atomic E-state index is 12.7. The van der Waals surface area contributed by atoms with Gasteiger partial charge < -0.3 is 36.3 Å². The SMILES string of the molecule is CCOC(=O)/C=C/c1ccc(-c2nc(-c3ccc(OCC(=O)O)cc3)c(-c3ccc(/C=C/C(=O)NC4=C/CCC=C(N)/C(N)=C\4)cc3)[nH]2)cc1. The molecule has 1 heterocycles. The van der Waals surface area contributed by atoms with Crippen LogP contribution in [0.2, 0.25) is 0 Å². The quantitative estimate of drug-likeness (QED) is 0.0899. The molecule has 11 nitrogen and oxygen atoms in total. The van der Waals surface area contributed by atoms with Crippen LogP contribution in [0.5, 0.6) is 5.75 Å². The first-order valence-electron chi connectivity index (χ1n) is 15.9.